The number of para-hydroxylation sites is 1. The Balaban J connectivity index is 1.34. The molecule has 37 heavy (non-hydrogen) atoms. The van der Waals surface area contributed by atoms with Crippen molar-refractivity contribution >= 4 is 41.0 Å². The average Bonchev–Trinajstić information content (AvgIpc) is 2.91. The van der Waals surface area contributed by atoms with Crippen LogP contribution in [0.25, 0.3) is 6.08 Å². The Hall–Kier alpha value is -3.71. The van der Waals surface area contributed by atoms with E-state index in [0.717, 1.165) is 28.4 Å². The molecule has 7 heteroatoms. The lowest BCUT2D eigenvalue weighted by molar-refractivity contribution is -0.114. The minimum absolute atomic E-state index is 0.000229. The van der Waals surface area contributed by atoms with Crippen molar-refractivity contribution in [2.24, 2.45) is 0 Å². The molecule has 2 heterocycles. The van der Waals surface area contributed by atoms with Gasteiger partial charge in [-0.2, -0.15) is 0 Å². The molecule has 0 bridgehead atoms. The molecule has 0 spiro atoms. The van der Waals surface area contributed by atoms with Gasteiger partial charge in [0.2, 0.25) is 0 Å². The standard InChI is InChI=1S/C30H31N3O3S/c1-20-8-7-10-24(16-20)33-15-14-32(19-21(33)2)29(34)23-12-13-27-25(17-23)31(3)30(35)28(37-27)18-22-9-5-6-11-26(22)36-4/h5-13,16-18,21H,14-15,19H2,1-4H3/b28-18-/t21-/m0/s1. The van der Waals surface area contributed by atoms with E-state index < -0.39 is 0 Å². The Morgan fingerprint density at radius 2 is 1.86 bits per heavy atom. The topological polar surface area (TPSA) is 53.1 Å². The number of piperazine rings is 1. The summed E-state index contributed by atoms with van der Waals surface area (Å²) in [6.45, 7) is 6.35. The molecule has 0 unspecified atom stereocenters. The summed E-state index contributed by atoms with van der Waals surface area (Å²) in [6, 6.07) is 22.0. The summed E-state index contributed by atoms with van der Waals surface area (Å²) in [4.78, 5) is 34.1. The van der Waals surface area contributed by atoms with Crippen LogP contribution in [0.2, 0.25) is 0 Å². The number of nitrogens with zero attached hydrogens (tertiary/aromatic N) is 3. The normalized spacial score (nSPS) is 18.7. The van der Waals surface area contributed by atoms with E-state index in [1.807, 2.05) is 53.4 Å². The van der Waals surface area contributed by atoms with E-state index in [2.05, 4.69) is 43.0 Å². The lowest BCUT2D eigenvalue weighted by atomic mass is 10.1. The van der Waals surface area contributed by atoms with E-state index in [9.17, 15) is 9.59 Å². The summed E-state index contributed by atoms with van der Waals surface area (Å²) in [7, 11) is 3.38. The fourth-order valence-corrected chi connectivity index (χ4v) is 6.05. The molecule has 0 aliphatic carbocycles. The average molecular weight is 514 g/mol. The zero-order chi connectivity index (χ0) is 26.1. The maximum absolute atomic E-state index is 13.5. The number of likely N-dealkylation sites (N-methyl/N-ethyl adjacent to an activating group) is 1. The molecule has 2 aliphatic rings. The Morgan fingerprint density at radius 1 is 1.05 bits per heavy atom. The molecule has 2 amide bonds. The molecule has 1 saturated heterocycles. The van der Waals surface area contributed by atoms with Crippen LogP contribution in [0, 0.1) is 6.92 Å². The van der Waals surface area contributed by atoms with Crippen LogP contribution in [-0.2, 0) is 4.79 Å². The highest BCUT2D eigenvalue weighted by molar-refractivity contribution is 8.04. The van der Waals surface area contributed by atoms with Crippen molar-refractivity contribution in [3.05, 3.63) is 88.3 Å². The number of carbonyl (C=O) groups excluding carboxylic acids is 2. The highest BCUT2D eigenvalue weighted by Crippen LogP contribution is 2.42. The van der Waals surface area contributed by atoms with Crippen LogP contribution in [-0.4, -0.2) is 56.5 Å². The predicted molar refractivity (Wildman–Crippen MR) is 151 cm³/mol. The number of benzene rings is 3. The molecule has 3 aromatic rings. The van der Waals surface area contributed by atoms with Gasteiger partial charge in [0, 0.05) is 54.4 Å². The number of rotatable bonds is 4. The van der Waals surface area contributed by atoms with Crippen molar-refractivity contribution in [3.8, 4) is 5.75 Å². The van der Waals surface area contributed by atoms with Crippen LogP contribution < -0.4 is 14.5 Å². The van der Waals surface area contributed by atoms with E-state index in [1.165, 1.54) is 23.0 Å². The number of carbonyl (C=O) groups is 2. The molecule has 0 aromatic heterocycles. The quantitative estimate of drug-likeness (QED) is 0.434. The molecular formula is C30H31N3O3S. The van der Waals surface area contributed by atoms with Gasteiger partial charge in [0.05, 0.1) is 17.7 Å². The van der Waals surface area contributed by atoms with Crippen LogP contribution >= 0.6 is 11.8 Å². The molecule has 0 saturated carbocycles. The third-order valence-electron chi connectivity index (χ3n) is 6.98. The second kappa shape index (κ2) is 10.3. The Morgan fingerprint density at radius 3 is 2.62 bits per heavy atom. The largest absolute Gasteiger partial charge is 0.496 e. The zero-order valence-electron chi connectivity index (χ0n) is 21.6. The highest BCUT2D eigenvalue weighted by atomic mass is 32.2. The molecule has 2 aliphatic heterocycles. The molecule has 1 atom stereocenters. The van der Waals surface area contributed by atoms with Crippen molar-refractivity contribution in [2.75, 3.05) is 43.6 Å². The van der Waals surface area contributed by atoms with Crippen molar-refractivity contribution in [1.29, 1.82) is 0 Å². The Bertz CT molecular complexity index is 1390. The second-order valence-corrected chi connectivity index (χ2v) is 10.6. The van der Waals surface area contributed by atoms with Crippen LogP contribution in [0.5, 0.6) is 5.75 Å². The fraction of sp³-hybridized carbons (Fsp3) is 0.267. The fourth-order valence-electron chi connectivity index (χ4n) is 4.97. The van der Waals surface area contributed by atoms with E-state index in [0.29, 0.717) is 23.6 Å². The molecule has 3 aromatic carbocycles. The van der Waals surface area contributed by atoms with Crippen LogP contribution in [0.3, 0.4) is 0 Å². The van der Waals surface area contributed by atoms with Gasteiger partial charge in [-0.05, 0) is 61.9 Å². The maximum atomic E-state index is 13.5. The molecule has 0 N–H and O–H groups in total. The Labute approximate surface area is 222 Å². The number of fused-ring (bicyclic) bond motifs is 1. The number of hydrogen-bond acceptors (Lipinski definition) is 5. The zero-order valence-corrected chi connectivity index (χ0v) is 22.4. The van der Waals surface area contributed by atoms with Crippen molar-refractivity contribution in [2.45, 2.75) is 24.8 Å². The molecule has 1 fully saturated rings. The van der Waals surface area contributed by atoms with Crippen molar-refractivity contribution in [3.63, 3.8) is 0 Å². The van der Waals surface area contributed by atoms with E-state index in [4.69, 9.17) is 4.74 Å². The van der Waals surface area contributed by atoms with Gasteiger partial charge in [-0.15, -0.1) is 0 Å². The van der Waals surface area contributed by atoms with Gasteiger partial charge in [0.15, 0.2) is 0 Å². The highest BCUT2D eigenvalue weighted by Gasteiger charge is 2.31. The van der Waals surface area contributed by atoms with Crippen molar-refractivity contribution < 1.29 is 14.3 Å². The molecule has 0 radical (unpaired) electrons. The predicted octanol–water partition coefficient (Wildman–Crippen LogP) is 5.46. The van der Waals surface area contributed by atoms with Gasteiger partial charge in [-0.3, -0.25) is 9.59 Å². The number of thioether (sulfide) groups is 1. The second-order valence-electron chi connectivity index (χ2n) is 9.53. The first-order valence-corrected chi connectivity index (χ1v) is 13.2. The van der Waals surface area contributed by atoms with Crippen LogP contribution in [0.4, 0.5) is 11.4 Å². The van der Waals surface area contributed by atoms with Crippen LogP contribution in [0.15, 0.2) is 76.5 Å². The first-order chi connectivity index (χ1) is 17.9. The summed E-state index contributed by atoms with van der Waals surface area (Å²) in [5, 5.41) is 0. The number of ether oxygens (including phenoxy) is 1. The van der Waals surface area contributed by atoms with Gasteiger partial charge in [-0.1, -0.05) is 42.1 Å². The molecule has 6 nitrogen and oxygen atoms in total. The number of amides is 2. The van der Waals surface area contributed by atoms with Gasteiger partial charge in [-0.25, -0.2) is 0 Å². The van der Waals surface area contributed by atoms with E-state index >= 15 is 0 Å². The number of aryl methyl sites for hydroxylation is 1. The third-order valence-corrected chi connectivity index (χ3v) is 8.05. The minimum atomic E-state index is -0.103. The van der Waals surface area contributed by atoms with E-state index in [1.54, 1.807) is 19.1 Å². The number of hydrogen-bond donors (Lipinski definition) is 0. The molecule has 5 rings (SSSR count). The van der Waals surface area contributed by atoms with Gasteiger partial charge in [0.1, 0.15) is 5.75 Å². The first kappa shape index (κ1) is 25.0. The number of methoxy groups -OCH3 is 1. The van der Waals surface area contributed by atoms with Crippen molar-refractivity contribution in [1.82, 2.24) is 4.90 Å². The lowest BCUT2D eigenvalue weighted by Crippen LogP contribution is -2.53. The van der Waals surface area contributed by atoms with Gasteiger partial charge >= 0.3 is 0 Å². The summed E-state index contributed by atoms with van der Waals surface area (Å²) in [5.41, 5.74) is 4.64. The minimum Gasteiger partial charge on any atom is -0.496 e. The lowest BCUT2D eigenvalue weighted by Gasteiger charge is -2.41. The Kier molecular flexibility index (Phi) is 6.98. The molecule has 190 valence electrons. The third kappa shape index (κ3) is 4.96. The van der Waals surface area contributed by atoms with E-state index in [-0.39, 0.29) is 17.9 Å². The number of anilines is 2. The smallest absolute Gasteiger partial charge is 0.264 e. The van der Waals surface area contributed by atoms with Gasteiger partial charge in [0.25, 0.3) is 11.8 Å². The SMILES string of the molecule is COc1ccccc1/C=C1\Sc2ccc(C(=O)N3CCN(c4cccc(C)c4)[C@@H](C)C3)cc2N(C)C1=O. The first-order valence-electron chi connectivity index (χ1n) is 12.4. The monoisotopic (exact) mass is 513 g/mol. The summed E-state index contributed by atoms with van der Waals surface area (Å²) in [6.07, 6.45) is 1.86. The van der Waals surface area contributed by atoms with Gasteiger partial charge < -0.3 is 19.4 Å². The molecular weight excluding hydrogens is 482 g/mol. The van der Waals surface area contributed by atoms with Crippen LogP contribution in [0.1, 0.15) is 28.4 Å². The maximum Gasteiger partial charge on any atom is 0.264 e. The summed E-state index contributed by atoms with van der Waals surface area (Å²) < 4.78 is 5.44. The summed E-state index contributed by atoms with van der Waals surface area (Å²) >= 11 is 1.42. The summed E-state index contributed by atoms with van der Waals surface area (Å²) in [5.74, 6) is 0.614.